The van der Waals surface area contributed by atoms with Gasteiger partial charge in [0.25, 0.3) is 0 Å². The van der Waals surface area contributed by atoms with Crippen LogP contribution in [0.1, 0.15) is 13.8 Å². The summed E-state index contributed by atoms with van der Waals surface area (Å²) < 4.78 is 2.00. The largest absolute Gasteiger partial charge is 0.252 e. The van der Waals surface area contributed by atoms with Crippen molar-refractivity contribution in [3.05, 3.63) is 91.2 Å². The molecule has 0 radical (unpaired) electrons. The fraction of sp³-hybridized carbons (Fsp3) is 0.130. The third-order valence-electron chi connectivity index (χ3n) is 4.39. The Labute approximate surface area is 184 Å². The number of hydrogen-bond donors (Lipinski definition) is 0. The molecule has 4 aromatic rings. The second-order valence-electron chi connectivity index (χ2n) is 6.92. The fourth-order valence-electron chi connectivity index (χ4n) is 3.03. The minimum absolute atomic E-state index is 0.208. The Morgan fingerprint density at radius 3 is 2.32 bits per heavy atom. The van der Waals surface area contributed by atoms with Crippen molar-refractivity contribution in [2.24, 2.45) is 5.41 Å². The number of aromatic nitrogens is 2. The van der Waals surface area contributed by atoms with E-state index in [1.165, 1.54) is 16.2 Å². The summed E-state index contributed by atoms with van der Waals surface area (Å²) in [5.74, 6) is 0. The van der Waals surface area contributed by atoms with E-state index in [1.54, 1.807) is 0 Å². The number of para-hydroxylation sites is 1. The third kappa shape index (κ3) is 5.29. The van der Waals surface area contributed by atoms with Gasteiger partial charge >= 0.3 is 37.9 Å². The van der Waals surface area contributed by atoms with E-state index in [4.69, 9.17) is 17.0 Å². The van der Waals surface area contributed by atoms with Crippen molar-refractivity contribution in [3.63, 3.8) is 0 Å². The first kappa shape index (κ1) is 21.2. The smallest absolute Gasteiger partial charge is 0.0721 e. The van der Waals surface area contributed by atoms with Gasteiger partial charge in [0.15, 0.2) is 0 Å². The monoisotopic (exact) mass is 484 g/mol. The first-order chi connectivity index (χ1) is 13.5. The molecule has 1 heterocycles. The molecule has 5 heteroatoms. The zero-order chi connectivity index (χ0) is 20.0. The molecule has 0 saturated heterocycles. The van der Waals surface area contributed by atoms with Crippen molar-refractivity contribution >= 4 is 38.7 Å². The molecule has 1 aliphatic carbocycles. The molecule has 0 unspecified atom stereocenters. The second kappa shape index (κ2) is 9.78. The van der Waals surface area contributed by atoms with Gasteiger partial charge in [0.05, 0.1) is 11.7 Å². The molecular weight excluding hydrogens is 466 g/mol. The number of allylic oxidation sites excluding steroid dienone is 4. The molecule has 0 amide bonds. The van der Waals surface area contributed by atoms with Gasteiger partial charge in [0.1, 0.15) is 0 Å². The first-order valence-corrected chi connectivity index (χ1v) is 15.2. The van der Waals surface area contributed by atoms with Crippen molar-refractivity contribution in [2.45, 2.75) is 13.8 Å². The van der Waals surface area contributed by atoms with Crippen LogP contribution >= 0.6 is 17.0 Å². The molecule has 1 aromatic heterocycles. The maximum absolute atomic E-state index is 4.93. The van der Waals surface area contributed by atoms with Crippen LogP contribution in [0.25, 0.3) is 27.4 Å². The molecule has 0 fully saturated rings. The quantitative estimate of drug-likeness (QED) is 0.260. The summed E-state index contributed by atoms with van der Waals surface area (Å²) in [7, 11) is 9.87. The Kier molecular flexibility index (Phi) is 7.40. The Morgan fingerprint density at radius 1 is 1.04 bits per heavy atom. The molecule has 0 spiro atoms. The van der Waals surface area contributed by atoms with Crippen LogP contribution in [0.4, 0.5) is 0 Å². The van der Waals surface area contributed by atoms with Gasteiger partial charge in [0, 0.05) is 5.39 Å². The van der Waals surface area contributed by atoms with Gasteiger partial charge < -0.3 is 0 Å². The van der Waals surface area contributed by atoms with Gasteiger partial charge in [-0.3, -0.25) is 10.8 Å². The van der Waals surface area contributed by atoms with Gasteiger partial charge in [-0.25, -0.2) is 12.2 Å². The molecule has 28 heavy (non-hydrogen) atoms. The van der Waals surface area contributed by atoms with Crippen molar-refractivity contribution in [2.75, 3.05) is 0 Å². The molecule has 3 aromatic carbocycles. The number of benzene rings is 2. The van der Waals surface area contributed by atoms with Crippen LogP contribution in [0.5, 0.6) is 0 Å². The predicted octanol–water partition coefficient (Wildman–Crippen LogP) is 7.22. The SMILES string of the molecule is CC1(C)[C-]=CC=C1.[Cl][Zr+2][Cl].c1ccc2[cH-]c(-n3ncc4ccccc43)cc2c1. The van der Waals surface area contributed by atoms with Crippen LogP contribution in [0, 0.1) is 11.5 Å². The van der Waals surface area contributed by atoms with Gasteiger partial charge in [-0.2, -0.15) is 11.2 Å². The molecule has 1 aliphatic rings. The van der Waals surface area contributed by atoms with E-state index < -0.39 is 20.8 Å². The van der Waals surface area contributed by atoms with E-state index in [1.807, 2.05) is 35.2 Å². The number of nitrogens with zero attached hydrogens (tertiary/aromatic N) is 2. The fourth-order valence-corrected chi connectivity index (χ4v) is 3.03. The minimum Gasteiger partial charge on any atom is -0.252 e. The average Bonchev–Trinajstić information content (AvgIpc) is 3.39. The standard InChI is InChI=1S/C16H11N2.C7H9.2ClH.Zr/c1-2-6-13-10-15(9-12(13)5-1)18-16-8-4-3-7-14(16)11-17-18;1-7(2)5-3-4-6-7;;;/h1-11H;3-5H,1-2H3;2*1H;/q2*-1;;;+4/p-2. The second-order valence-corrected chi connectivity index (χ2v) is 10.7. The Balaban J connectivity index is 0.000000188. The summed E-state index contributed by atoms with van der Waals surface area (Å²) in [6, 6.07) is 21.0. The maximum atomic E-state index is 4.93. The number of halogens is 2. The summed E-state index contributed by atoms with van der Waals surface area (Å²) in [4.78, 5) is 0. The zero-order valence-corrected chi connectivity index (χ0v) is 19.7. The van der Waals surface area contributed by atoms with E-state index in [-0.39, 0.29) is 5.41 Å². The van der Waals surface area contributed by atoms with Gasteiger partial charge in [0.2, 0.25) is 0 Å². The van der Waals surface area contributed by atoms with Crippen LogP contribution in [0.15, 0.2) is 85.1 Å². The summed E-state index contributed by atoms with van der Waals surface area (Å²) >= 11 is -0.826. The molecule has 0 saturated carbocycles. The molecule has 0 atom stereocenters. The number of hydrogen-bond acceptors (Lipinski definition) is 1. The van der Waals surface area contributed by atoms with Crippen LogP contribution in [0.2, 0.25) is 0 Å². The number of fused-ring (bicyclic) bond motifs is 2. The van der Waals surface area contributed by atoms with E-state index in [0.717, 1.165) is 11.2 Å². The van der Waals surface area contributed by atoms with Crippen LogP contribution in [-0.4, -0.2) is 9.78 Å². The molecule has 0 aliphatic heterocycles. The van der Waals surface area contributed by atoms with Crippen molar-refractivity contribution < 1.29 is 20.8 Å². The van der Waals surface area contributed by atoms with E-state index in [9.17, 15) is 0 Å². The van der Waals surface area contributed by atoms with E-state index in [2.05, 4.69) is 79.6 Å². The van der Waals surface area contributed by atoms with Crippen molar-refractivity contribution in [1.82, 2.24) is 9.78 Å². The average molecular weight is 487 g/mol. The van der Waals surface area contributed by atoms with E-state index in [0.29, 0.717) is 0 Å². The molecule has 0 bridgehead atoms. The van der Waals surface area contributed by atoms with Crippen LogP contribution in [0.3, 0.4) is 0 Å². The van der Waals surface area contributed by atoms with E-state index >= 15 is 0 Å². The van der Waals surface area contributed by atoms with Gasteiger partial charge in [-0.05, 0) is 11.8 Å². The predicted molar refractivity (Wildman–Crippen MR) is 117 cm³/mol. The Bertz CT molecular complexity index is 1060. The van der Waals surface area contributed by atoms with Crippen molar-refractivity contribution in [3.8, 4) is 5.69 Å². The van der Waals surface area contributed by atoms with Gasteiger partial charge in [-0.1, -0.05) is 43.5 Å². The Hall–Kier alpha value is -1.54. The Morgan fingerprint density at radius 2 is 1.71 bits per heavy atom. The molecule has 140 valence electrons. The molecular formula is C23H20Cl2N2Zr. The minimum atomic E-state index is -0.826. The molecule has 0 N–H and O–H groups in total. The maximum Gasteiger partial charge on any atom is 0.0721 e. The van der Waals surface area contributed by atoms with Crippen molar-refractivity contribution in [1.29, 1.82) is 0 Å². The summed E-state index contributed by atoms with van der Waals surface area (Å²) in [5, 5.41) is 8.16. The number of rotatable bonds is 1. The first-order valence-electron chi connectivity index (χ1n) is 8.88. The molecule has 2 nitrogen and oxygen atoms in total. The zero-order valence-electron chi connectivity index (χ0n) is 15.7. The third-order valence-corrected chi connectivity index (χ3v) is 4.39. The van der Waals surface area contributed by atoms with Crippen LogP contribution in [-0.2, 0) is 20.8 Å². The summed E-state index contributed by atoms with van der Waals surface area (Å²) in [5.41, 5.74) is 2.48. The van der Waals surface area contributed by atoms with Crippen LogP contribution < -0.4 is 0 Å². The summed E-state index contributed by atoms with van der Waals surface area (Å²) in [6.45, 7) is 4.26. The molecule has 5 rings (SSSR count). The topological polar surface area (TPSA) is 17.8 Å². The van der Waals surface area contributed by atoms with Gasteiger partial charge in [-0.15, -0.1) is 41.1 Å². The summed E-state index contributed by atoms with van der Waals surface area (Å²) in [6.07, 6.45) is 11.2. The normalized spacial score (nSPS) is 13.6.